The van der Waals surface area contributed by atoms with Gasteiger partial charge in [0.25, 0.3) is 0 Å². The zero-order valence-corrected chi connectivity index (χ0v) is 8.55. The summed E-state index contributed by atoms with van der Waals surface area (Å²) < 4.78 is 36.3. The van der Waals surface area contributed by atoms with Crippen LogP contribution in [-0.4, -0.2) is 36.6 Å². The van der Waals surface area contributed by atoms with Crippen LogP contribution < -0.4 is 5.73 Å². The SMILES string of the molecule is CC1CN(CC(F)(F)F)CCC1C(N)=O. The Balaban J connectivity index is 2.48. The first-order valence-electron chi connectivity index (χ1n) is 4.88. The van der Waals surface area contributed by atoms with E-state index in [1.807, 2.05) is 0 Å². The van der Waals surface area contributed by atoms with Crippen LogP contribution in [0.25, 0.3) is 0 Å². The van der Waals surface area contributed by atoms with Crippen molar-refractivity contribution in [2.24, 2.45) is 17.6 Å². The molecule has 2 atom stereocenters. The number of piperidine rings is 1. The highest BCUT2D eigenvalue weighted by molar-refractivity contribution is 5.77. The molecule has 1 fully saturated rings. The Kier molecular flexibility index (Phi) is 3.59. The van der Waals surface area contributed by atoms with Crippen LogP contribution in [-0.2, 0) is 4.79 Å². The Hall–Kier alpha value is -0.780. The minimum absolute atomic E-state index is 0.0985. The molecule has 1 heterocycles. The summed E-state index contributed by atoms with van der Waals surface area (Å²) in [5.41, 5.74) is 5.15. The Labute approximate surface area is 86.4 Å². The fourth-order valence-corrected chi connectivity index (χ4v) is 2.05. The van der Waals surface area contributed by atoms with Crippen LogP contribution in [0.4, 0.5) is 13.2 Å². The van der Waals surface area contributed by atoms with E-state index in [-0.39, 0.29) is 24.9 Å². The Bertz CT molecular complexity index is 242. The van der Waals surface area contributed by atoms with Crippen molar-refractivity contribution in [2.45, 2.75) is 19.5 Å². The molecule has 15 heavy (non-hydrogen) atoms. The molecule has 2 unspecified atom stereocenters. The van der Waals surface area contributed by atoms with Gasteiger partial charge in [0.05, 0.1) is 6.54 Å². The van der Waals surface area contributed by atoms with Crippen LogP contribution in [0.3, 0.4) is 0 Å². The number of halogens is 3. The zero-order valence-electron chi connectivity index (χ0n) is 8.55. The number of rotatable bonds is 2. The smallest absolute Gasteiger partial charge is 0.369 e. The molecule has 0 spiro atoms. The van der Waals surface area contributed by atoms with E-state index in [9.17, 15) is 18.0 Å². The topological polar surface area (TPSA) is 46.3 Å². The van der Waals surface area contributed by atoms with E-state index in [1.165, 1.54) is 4.90 Å². The molecule has 6 heteroatoms. The highest BCUT2D eigenvalue weighted by atomic mass is 19.4. The molecule has 0 aromatic heterocycles. The lowest BCUT2D eigenvalue weighted by Crippen LogP contribution is -2.47. The van der Waals surface area contributed by atoms with Gasteiger partial charge in [0.1, 0.15) is 0 Å². The minimum atomic E-state index is -4.17. The molecule has 0 bridgehead atoms. The number of nitrogens with zero attached hydrogens (tertiary/aromatic N) is 1. The molecular weight excluding hydrogens is 209 g/mol. The summed E-state index contributed by atoms with van der Waals surface area (Å²) in [7, 11) is 0. The number of amides is 1. The largest absolute Gasteiger partial charge is 0.401 e. The Morgan fingerprint density at radius 2 is 2.13 bits per heavy atom. The monoisotopic (exact) mass is 224 g/mol. The van der Waals surface area contributed by atoms with Gasteiger partial charge in [-0.05, 0) is 18.9 Å². The van der Waals surface area contributed by atoms with Crippen LogP contribution in [0.5, 0.6) is 0 Å². The normalized spacial score (nSPS) is 29.1. The lowest BCUT2D eigenvalue weighted by atomic mass is 9.86. The van der Waals surface area contributed by atoms with E-state index in [0.717, 1.165) is 0 Å². The molecule has 2 N–H and O–H groups in total. The summed E-state index contributed by atoms with van der Waals surface area (Å²) in [6, 6.07) is 0. The summed E-state index contributed by atoms with van der Waals surface area (Å²) >= 11 is 0. The molecule has 0 aromatic rings. The van der Waals surface area contributed by atoms with Crippen LogP contribution in [0.15, 0.2) is 0 Å². The zero-order chi connectivity index (χ0) is 11.6. The van der Waals surface area contributed by atoms with Gasteiger partial charge in [0.2, 0.25) is 5.91 Å². The molecule has 1 rings (SSSR count). The van der Waals surface area contributed by atoms with E-state index in [0.29, 0.717) is 6.42 Å². The van der Waals surface area contributed by atoms with Crippen molar-refractivity contribution < 1.29 is 18.0 Å². The average molecular weight is 224 g/mol. The van der Waals surface area contributed by atoms with E-state index in [4.69, 9.17) is 5.73 Å². The summed E-state index contributed by atoms with van der Waals surface area (Å²) in [5.74, 6) is -0.790. The van der Waals surface area contributed by atoms with E-state index >= 15 is 0 Å². The van der Waals surface area contributed by atoms with Gasteiger partial charge >= 0.3 is 6.18 Å². The van der Waals surface area contributed by atoms with Crippen LogP contribution >= 0.6 is 0 Å². The number of carbonyl (C=O) groups is 1. The number of likely N-dealkylation sites (tertiary alicyclic amines) is 1. The van der Waals surface area contributed by atoms with Crippen molar-refractivity contribution in [1.29, 1.82) is 0 Å². The predicted molar refractivity (Wildman–Crippen MR) is 49.0 cm³/mol. The van der Waals surface area contributed by atoms with Gasteiger partial charge in [-0.1, -0.05) is 6.92 Å². The molecule has 88 valence electrons. The highest BCUT2D eigenvalue weighted by Crippen LogP contribution is 2.25. The van der Waals surface area contributed by atoms with Crippen molar-refractivity contribution in [3.8, 4) is 0 Å². The van der Waals surface area contributed by atoms with Crippen molar-refractivity contribution in [1.82, 2.24) is 4.90 Å². The fourth-order valence-electron chi connectivity index (χ4n) is 2.05. The molecule has 0 aliphatic carbocycles. The van der Waals surface area contributed by atoms with Gasteiger partial charge < -0.3 is 5.73 Å². The van der Waals surface area contributed by atoms with Gasteiger partial charge in [-0.2, -0.15) is 13.2 Å². The maximum atomic E-state index is 12.1. The second kappa shape index (κ2) is 4.38. The third-order valence-electron chi connectivity index (χ3n) is 2.76. The van der Waals surface area contributed by atoms with Crippen molar-refractivity contribution in [3.05, 3.63) is 0 Å². The van der Waals surface area contributed by atoms with Gasteiger partial charge in [-0.25, -0.2) is 0 Å². The lowest BCUT2D eigenvalue weighted by molar-refractivity contribution is -0.151. The fraction of sp³-hybridized carbons (Fsp3) is 0.889. The number of primary amides is 1. The number of carbonyl (C=O) groups excluding carboxylic acids is 1. The van der Waals surface area contributed by atoms with Crippen LogP contribution in [0, 0.1) is 11.8 Å². The quantitative estimate of drug-likeness (QED) is 0.760. The second-order valence-electron chi connectivity index (χ2n) is 4.13. The third-order valence-corrected chi connectivity index (χ3v) is 2.76. The summed E-state index contributed by atoms with van der Waals surface area (Å²) in [5, 5.41) is 0. The Morgan fingerprint density at radius 1 is 1.53 bits per heavy atom. The van der Waals surface area contributed by atoms with Crippen LogP contribution in [0.2, 0.25) is 0 Å². The first kappa shape index (κ1) is 12.3. The number of hydrogen-bond donors (Lipinski definition) is 1. The van der Waals surface area contributed by atoms with Gasteiger partial charge in [0.15, 0.2) is 0 Å². The number of alkyl halides is 3. The molecule has 3 nitrogen and oxygen atoms in total. The summed E-state index contributed by atoms with van der Waals surface area (Å²) in [4.78, 5) is 12.3. The molecule has 1 amide bonds. The first-order valence-corrected chi connectivity index (χ1v) is 4.88. The number of nitrogens with two attached hydrogens (primary N) is 1. The summed E-state index contributed by atoms with van der Waals surface area (Å²) in [6.45, 7) is 1.44. The second-order valence-corrected chi connectivity index (χ2v) is 4.13. The molecular formula is C9H15F3N2O. The predicted octanol–water partition coefficient (Wildman–Crippen LogP) is 0.992. The third kappa shape index (κ3) is 3.70. The molecule has 0 radical (unpaired) electrons. The maximum Gasteiger partial charge on any atom is 0.401 e. The Morgan fingerprint density at radius 3 is 2.53 bits per heavy atom. The molecule has 0 saturated carbocycles. The van der Waals surface area contributed by atoms with Gasteiger partial charge in [-0.15, -0.1) is 0 Å². The van der Waals surface area contributed by atoms with Crippen molar-refractivity contribution in [2.75, 3.05) is 19.6 Å². The maximum absolute atomic E-state index is 12.1. The number of hydrogen-bond acceptors (Lipinski definition) is 2. The molecule has 0 aromatic carbocycles. The van der Waals surface area contributed by atoms with E-state index in [1.54, 1.807) is 6.92 Å². The minimum Gasteiger partial charge on any atom is -0.369 e. The van der Waals surface area contributed by atoms with E-state index < -0.39 is 18.6 Å². The summed E-state index contributed by atoms with van der Waals surface area (Å²) in [6.07, 6.45) is -3.74. The van der Waals surface area contributed by atoms with Crippen molar-refractivity contribution in [3.63, 3.8) is 0 Å². The lowest BCUT2D eigenvalue weighted by Gasteiger charge is -2.35. The van der Waals surface area contributed by atoms with Crippen LogP contribution in [0.1, 0.15) is 13.3 Å². The molecule has 1 saturated heterocycles. The highest BCUT2D eigenvalue weighted by Gasteiger charge is 2.36. The van der Waals surface area contributed by atoms with Gasteiger partial charge in [0, 0.05) is 12.5 Å². The van der Waals surface area contributed by atoms with Gasteiger partial charge in [-0.3, -0.25) is 9.69 Å². The van der Waals surface area contributed by atoms with Crippen molar-refractivity contribution >= 4 is 5.91 Å². The average Bonchev–Trinajstić information content (AvgIpc) is 1.99. The molecule has 1 aliphatic rings. The molecule has 1 aliphatic heterocycles. The first-order chi connectivity index (χ1) is 6.79. The standard InChI is InChI=1S/C9H15F3N2O/c1-6-4-14(5-9(10,11)12)3-2-7(6)8(13)15/h6-7H,2-5H2,1H3,(H2,13,15). The van der Waals surface area contributed by atoms with E-state index in [2.05, 4.69) is 0 Å².